The number of carbonyl (C=O) groups is 1. The monoisotopic (exact) mass is 255 g/mol. The summed E-state index contributed by atoms with van der Waals surface area (Å²) in [6, 6.07) is 3.03. The van der Waals surface area contributed by atoms with Crippen molar-refractivity contribution in [3.05, 3.63) is 35.4 Å². The number of carbonyl (C=O) groups excluding carboxylic acids is 1. The van der Waals surface area contributed by atoms with E-state index in [-0.39, 0.29) is 30.5 Å². The number of rotatable bonds is 3. The van der Waals surface area contributed by atoms with Crippen molar-refractivity contribution in [3.63, 3.8) is 0 Å². The van der Waals surface area contributed by atoms with Gasteiger partial charge in [-0.05, 0) is 24.5 Å². The Morgan fingerprint density at radius 1 is 1.44 bits per heavy atom. The zero-order chi connectivity index (χ0) is 13.1. The average molecular weight is 255 g/mol. The fourth-order valence-electron chi connectivity index (χ4n) is 2.28. The van der Waals surface area contributed by atoms with Gasteiger partial charge in [-0.2, -0.15) is 0 Å². The number of hydrogen-bond donors (Lipinski definition) is 1. The van der Waals surface area contributed by atoms with Crippen LogP contribution in [-0.2, 0) is 11.2 Å². The number of amides is 1. The van der Waals surface area contributed by atoms with E-state index in [9.17, 15) is 13.6 Å². The van der Waals surface area contributed by atoms with Gasteiger partial charge in [-0.25, -0.2) is 8.78 Å². The second kappa shape index (κ2) is 5.44. The molecule has 0 aromatic heterocycles. The van der Waals surface area contributed by atoms with Crippen LogP contribution in [0.2, 0.25) is 0 Å². The number of aliphatic hydroxyl groups is 1. The van der Waals surface area contributed by atoms with Crippen molar-refractivity contribution in [2.45, 2.75) is 25.3 Å². The van der Waals surface area contributed by atoms with Gasteiger partial charge < -0.3 is 10.0 Å². The van der Waals surface area contributed by atoms with Crippen LogP contribution in [0.25, 0.3) is 0 Å². The molecule has 1 amide bonds. The molecule has 1 aliphatic rings. The van der Waals surface area contributed by atoms with E-state index in [1.165, 1.54) is 6.07 Å². The van der Waals surface area contributed by atoms with E-state index in [1.807, 2.05) is 0 Å². The highest BCUT2D eigenvalue weighted by atomic mass is 19.1. The Balaban J connectivity index is 2.07. The van der Waals surface area contributed by atoms with Crippen molar-refractivity contribution in [3.8, 4) is 0 Å². The molecule has 1 aliphatic heterocycles. The van der Waals surface area contributed by atoms with Gasteiger partial charge in [-0.15, -0.1) is 0 Å². The molecule has 1 N–H and O–H groups in total. The topological polar surface area (TPSA) is 40.5 Å². The molecule has 0 radical (unpaired) electrons. The first kappa shape index (κ1) is 13.0. The molecule has 18 heavy (non-hydrogen) atoms. The first-order chi connectivity index (χ1) is 8.61. The molecule has 0 spiro atoms. The van der Waals surface area contributed by atoms with E-state index < -0.39 is 11.6 Å². The first-order valence-corrected chi connectivity index (χ1v) is 5.96. The van der Waals surface area contributed by atoms with Crippen LogP contribution in [0.3, 0.4) is 0 Å². The molecule has 1 aromatic carbocycles. The molecule has 5 heteroatoms. The maximum absolute atomic E-state index is 13.4. The molecule has 1 fully saturated rings. The quantitative estimate of drug-likeness (QED) is 0.889. The second-order valence-corrected chi connectivity index (χ2v) is 4.48. The Kier molecular flexibility index (Phi) is 3.91. The molecule has 0 unspecified atom stereocenters. The highest BCUT2D eigenvalue weighted by Gasteiger charge is 2.28. The van der Waals surface area contributed by atoms with E-state index in [0.29, 0.717) is 6.54 Å². The van der Waals surface area contributed by atoms with Crippen LogP contribution in [0.1, 0.15) is 18.4 Å². The lowest BCUT2D eigenvalue weighted by Crippen LogP contribution is -2.38. The van der Waals surface area contributed by atoms with Gasteiger partial charge in [0.2, 0.25) is 5.91 Å². The van der Waals surface area contributed by atoms with Crippen molar-refractivity contribution in [2.24, 2.45) is 0 Å². The van der Waals surface area contributed by atoms with Crippen LogP contribution in [0.15, 0.2) is 18.2 Å². The summed E-state index contributed by atoms with van der Waals surface area (Å²) in [4.78, 5) is 13.5. The van der Waals surface area contributed by atoms with Crippen LogP contribution in [0.5, 0.6) is 0 Å². The van der Waals surface area contributed by atoms with E-state index in [0.717, 1.165) is 25.0 Å². The van der Waals surface area contributed by atoms with Crippen LogP contribution in [0.4, 0.5) is 8.78 Å². The molecule has 3 nitrogen and oxygen atoms in total. The van der Waals surface area contributed by atoms with Crippen molar-refractivity contribution in [2.75, 3.05) is 13.2 Å². The lowest BCUT2D eigenvalue weighted by atomic mass is 10.1. The van der Waals surface area contributed by atoms with Crippen LogP contribution < -0.4 is 0 Å². The largest absolute Gasteiger partial charge is 0.394 e. The van der Waals surface area contributed by atoms with E-state index in [4.69, 9.17) is 5.11 Å². The zero-order valence-corrected chi connectivity index (χ0v) is 9.90. The van der Waals surface area contributed by atoms with Crippen molar-refractivity contribution < 1.29 is 18.7 Å². The normalized spacial score (nSPS) is 19.3. The Morgan fingerprint density at radius 2 is 2.22 bits per heavy atom. The van der Waals surface area contributed by atoms with Gasteiger partial charge in [0.05, 0.1) is 19.1 Å². The van der Waals surface area contributed by atoms with Crippen molar-refractivity contribution in [1.82, 2.24) is 4.90 Å². The molecule has 1 saturated heterocycles. The zero-order valence-electron chi connectivity index (χ0n) is 9.90. The van der Waals surface area contributed by atoms with E-state index in [1.54, 1.807) is 4.90 Å². The van der Waals surface area contributed by atoms with Crippen LogP contribution in [-0.4, -0.2) is 35.1 Å². The minimum absolute atomic E-state index is 0.0718. The Hall–Kier alpha value is -1.49. The van der Waals surface area contributed by atoms with Gasteiger partial charge in [0.25, 0.3) is 0 Å². The average Bonchev–Trinajstić information content (AvgIpc) is 2.81. The number of nitrogens with zero attached hydrogens (tertiary/aromatic N) is 1. The number of aliphatic hydroxyl groups excluding tert-OH is 1. The number of halogens is 2. The predicted octanol–water partition coefficient (Wildman–Crippen LogP) is 1.49. The molecule has 1 aromatic rings. The standard InChI is InChI=1S/C13H15F2NO2/c14-10-4-3-9(12(15)7-10)6-13(18)16-5-1-2-11(16)8-17/h3-4,7,11,17H,1-2,5-6,8H2/t11-/m1/s1. The summed E-state index contributed by atoms with van der Waals surface area (Å²) < 4.78 is 26.2. The Labute approximate surface area is 104 Å². The molecule has 2 rings (SSSR count). The summed E-state index contributed by atoms with van der Waals surface area (Å²) in [5.74, 6) is -1.58. The third-order valence-corrected chi connectivity index (χ3v) is 3.27. The maximum atomic E-state index is 13.4. The van der Waals surface area contributed by atoms with E-state index >= 15 is 0 Å². The fourth-order valence-corrected chi connectivity index (χ4v) is 2.28. The fraction of sp³-hybridized carbons (Fsp3) is 0.462. The molecule has 0 aliphatic carbocycles. The van der Waals surface area contributed by atoms with Gasteiger partial charge in [-0.3, -0.25) is 4.79 Å². The molecule has 1 heterocycles. The van der Waals surface area contributed by atoms with Crippen LogP contribution >= 0.6 is 0 Å². The molecule has 0 saturated carbocycles. The SMILES string of the molecule is O=C(Cc1ccc(F)cc1F)N1CCC[C@@H]1CO. The smallest absolute Gasteiger partial charge is 0.227 e. The summed E-state index contributed by atoms with van der Waals surface area (Å²) in [6.07, 6.45) is 1.53. The summed E-state index contributed by atoms with van der Waals surface area (Å²) in [5, 5.41) is 9.12. The number of likely N-dealkylation sites (tertiary alicyclic amines) is 1. The second-order valence-electron chi connectivity index (χ2n) is 4.48. The summed E-state index contributed by atoms with van der Waals surface area (Å²) in [6.45, 7) is 0.518. The minimum atomic E-state index is -0.705. The molecule has 98 valence electrons. The predicted molar refractivity (Wildman–Crippen MR) is 61.9 cm³/mol. The van der Waals surface area contributed by atoms with Gasteiger partial charge in [-0.1, -0.05) is 6.07 Å². The number of hydrogen-bond acceptors (Lipinski definition) is 2. The Bertz CT molecular complexity index is 451. The maximum Gasteiger partial charge on any atom is 0.227 e. The summed E-state index contributed by atoms with van der Waals surface area (Å²) >= 11 is 0. The lowest BCUT2D eigenvalue weighted by molar-refractivity contribution is -0.132. The summed E-state index contributed by atoms with van der Waals surface area (Å²) in [7, 11) is 0. The number of benzene rings is 1. The summed E-state index contributed by atoms with van der Waals surface area (Å²) in [5.41, 5.74) is 0.185. The molecular weight excluding hydrogens is 240 g/mol. The van der Waals surface area contributed by atoms with Gasteiger partial charge in [0, 0.05) is 12.6 Å². The van der Waals surface area contributed by atoms with E-state index in [2.05, 4.69) is 0 Å². The van der Waals surface area contributed by atoms with Crippen LogP contribution in [0, 0.1) is 11.6 Å². The third-order valence-electron chi connectivity index (χ3n) is 3.27. The van der Waals surface area contributed by atoms with Gasteiger partial charge in [0.1, 0.15) is 11.6 Å². The molecular formula is C13H15F2NO2. The molecule has 1 atom stereocenters. The van der Waals surface area contributed by atoms with Crippen molar-refractivity contribution in [1.29, 1.82) is 0 Å². The Morgan fingerprint density at radius 3 is 2.89 bits per heavy atom. The van der Waals surface area contributed by atoms with Gasteiger partial charge in [0.15, 0.2) is 0 Å². The molecule has 0 bridgehead atoms. The first-order valence-electron chi connectivity index (χ1n) is 5.96. The van der Waals surface area contributed by atoms with Gasteiger partial charge >= 0.3 is 0 Å². The highest BCUT2D eigenvalue weighted by Crippen LogP contribution is 2.19. The van der Waals surface area contributed by atoms with Crippen molar-refractivity contribution >= 4 is 5.91 Å². The minimum Gasteiger partial charge on any atom is -0.394 e. The third kappa shape index (κ3) is 2.67. The highest BCUT2D eigenvalue weighted by molar-refractivity contribution is 5.79. The lowest BCUT2D eigenvalue weighted by Gasteiger charge is -2.23.